The molecule has 3 aromatic carbocycles. The SMILES string of the molecule is COCOc1c(Br)cc(Br)cc1C(Oc1ccc(C[C@H](NC(C)=O)C(=O)NC(CCC(=O)OC(C)(C)C)c2ccc(OCC3CCCCC3)c(C(N)=O)c2)cc1)C(=O)OC. The van der Waals surface area contributed by atoms with E-state index in [1.165, 1.54) is 27.6 Å². The van der Waals surface area contributed by atoms with E-state index in [2.05, 4.69) is 42.5 Å². The standard InChI is InChI=1S/C44H55Br2N3O11/c1-26(50)48-36(20-27-12-15-31(16-13-27)59-40(43(54)56-6)33-22-30(45)23-34(46)39(33)58-25-55-5)42(53)49-35(17-19-38(51)60-44(2,3)4)29-14-18-37(32(21-29)41(47)52)57-24-28-10-8-7-9-11-28/h12-16,18,21-23,28,35-36,40H,7-11,17,19-20,24-25H2,1-6H3,(H2,47,52)(H,48,50)(H,49,53)/t35?,36-,40?/m0/s1. The fourth-order valence-electron chi connectivity index (χ4n) is 6.81. The smallest absolute Gasteiger partial charge is 0.351 e. The third-order valence-corrected chi connectivity index (χ3v) is 10.7. The molecule has 3 atom stereocenters. The van der Waals surface area contributed by atoms with Crippen molar-refractivity contribution in [2.75, 3.05) is 27.6 Å². The number of amides is 3. The molecule has 0 saturated heterocycles. The molecule has 1 saturated carbocycles. The van der Waals surface area contributed by atoms with Gasteiger partial charge in [0.25, 0.3) is 5.91 Å². The van der Waals surface area contributed by atoms with Gasteiger partial charge in [0.15, 0.2) is 6.79 Å². The van der Waals surface area contributed by atoms with Gasteiger partial charge in [-0.2, -0.15) is 0 Å². The number of carbonyl (C=O) groups is 5. The molecule has 0 bridgehead atoms. The van der Waals surface area contributed by atoms with Crippen LogP contribution in [0.2, 0.25) is 0 Å². The maximum absolute atomic E-state index is 14.1. The minimum absolute atomic E-state index is 0.0518. The van der Waals surface area contributed by atoms with Crippen LogP contribution in [0.1, 0.15) is 112 Å². The fraction of sp³-hybridized carbons (Fsp3) is 0.477. The Hall–Kier alpha value is -4.67. The number of rotatable bonds is 20. The van der Waals surface area contributed by atoms with Gasteiger partial charge in [-0.15, -0.1) is 0 Å². The van der Waals surface area contributed by atoms with Crippen molar-refractivity contribution in [1.29, 1.82) is 0 Å². The molecule has 1 aliphatic rings. The maximum atomic E-state index is 14.1. The van der Waals surface area contributed by atoms with Crippen LogP contribution in [0, 0.1) is 5.92 Å². The Bertz CT molecular complexity index is 1960. The summed E-state index contributed by atoms with van der Waals surface area (Å²) in [6.45, 7) is 6.98. The average molecular weight is 962 g/mol. The molecule has 4 rings (SSSR count). The Morgan fingerprint density at radius 1 is 0.900 bits per heavy atom. The van der Waals surface area contributed by atoms with Crippen molar-refractivity contribution in [3.05, 3.63) is 85.8 Å². The number of primary amides is 1. The van der Waals surface area contributed by atoms with E-state index in [1.54, 1.807) is 75.4 Å². The zero-order chi connectivity index (χ0) is 44.0. The molecule has 2 unspecified atom stereocenters. The predicted octanol–water partition coefficient (Wildman–Crippen LogP) is 7.57. The van der Waals surface area contributed by atoms with Gasteiger partial charge in [-0.1, -0.05) is 53.4 Å². The number of benzene rings is 3. The largest absolute Gasteiger partial charge is 0.492 e. The number of hydrogen-bond acceptors (Lipinski definition) is 11. The number of hydrogen-bond donors (Lipinski definition) is 3. The average Bonchev–Trinajstić information content (AvgIpc) is 3.19. The van der Waals surface area contributed by atoms with Crippen LogP contribution in [-0.2, 0) is 39.8 Å². The van der Waals surface area contributed by atoms with Gasteiger partial charge in [-0.25, -0.2) is 4.79 Å². The van der Waals surface area contributed by atoms with Crippen LogP contribution in [0.4, 0.5) is 0 Å². The third-order valence-electron chi connectivity index (χ3n) is 9.61. The molecule has 3 aromatic rings. The van der Waals surface area contributed by atoms with Crippen molar-refractivity contribution in [1.82, 2.24) is 10.6 Å². The highest BCUT2D eigenvalue weighted by Crippen LogP contribution is 2.39. The van der Waals surface area contributed by atoms with Gasteiger partial charge < -0.3 is 44.8 Å². The first-order valence-electron chi connectivity index (χ1n) is 19.8. The summed E-state index contributed by atoms with van der Waals surface area (Å²) in [5.41, 5.74) is 6.80. The van der Waals surface area contributed by atoms with Gasteiger partial charge in [0.05, 0.1) is 29.8 Å². The molecule has 16 heteroatoms. The van der Waals surface area contributed by atoms with Crippen molar-refractivity contribution in [3.63, 3.8) is 0 Å². The predicted molar refractivity (Wildman–Crippen MR) is 230 cm³/mol. The van der Waals surface area contributed by atoms with Crippen LogP contribution in [0.5, 0.6) is 17.2 Å². The van der Waals surface area contributed by atoms with Crippen LogP contribution >= 0.6 is 31.9 Å². The lowest BCUT2D eigenvalue weighted by Gasteiger charge is -2.26. The zero-order valence-electron chi connectivity index (χ0n) is 34.9. The van der Waals surface area contributed by atoms with Crippen molar-refractivity contribution in [2.45, 2.75) is 103 Å². The highest BCUT2D eigenvalue weighted by Gasteiger charge is 2.30. The quantitative estimate of drug-likeness (QED) is 0.0748. The topological polar surface area (TPSA) is 191 Å². The summed E-state index contributed by atoms with van der Waals surface area (Å²) >= 11 is 6.92. The summed E-state index contributed by atoms with van der Waals surface area (Å²) in [5, 5.41) is 5.72. The molecule has 0 radical (unpaired) electrons. The number of carbonyl (C=O) groups excluding carboxylic acids is 5. The molecular formula is C44H55Br2N3O11. The van der Waals surface area contributed by atoms with Gasteiger partial charge in [0, 0.05) is 36.9 Å². The summed E-state index contributed by atoms with van der Waals surface area (Å²) in [4.78, 5) is 65.1. The number of methoxy groups -OCH3 is 2. The summed E-state index contributed by atoms with van der Waals surface area (Å²) in [6, 6.07) is 13.2. The molecule has 0 heterocycles. The minimum atomic E-state index is -1.23. The van der Waals surface area contributed by atoms with E-state index in [9.17, 15) is 24.0 Å². The van der Waals surface area contributed by atoms with Gasteiger partial charge in [-0.3, -0.25) is 19.2 Å². The van der Waals surface area contributed by atoms with Crippen molar-refractivity contribution >= 4 is 61.5 Å². The van der Waals surface area contributed by atoms with Gasteiger partial charge in [0.1, 0.15) is 28.9 Å². The lowest BCUT2D eigenvalue weighted by molar-refractivity contribution is -0.155. The second-order valence-electron chi connectivity index (χ2n) is 15.6. The van der Waals surface area contributed by atoms with E-state index in [0.29, 0.717) is 55.4 Å². The van der Waals surface area contributed by atoms with Gasteiger partial charge >= 0.3 is 11.9 Å². The van der Waals surface area contributed by atoms with Crippen LogP contribution in [0.3, 0.4) is 0 Å². The number of halogens is 2. The number of nitrogens with one attached hydrogen (secondary N) is 2. The molecule has 0 spiro atoms. The Kier molecular flexibility index (Phi) is 18.2. The van der Waals surface area contributed by atoms with Crippen molar-refractivity contribution in [2.24, 2.45) is 11.7 Å². The van der Waals surface area contributed by atoms with Crippen molar-refractivity contribution < 1.29 is 52.4 Å². The molecule has 1 fully saturated rings. The van der Waals surface area contributed by atoms with E-state index in [4.69, 9.17) is 34.2 Å². The normalized spacial score (nSPS) is 14.5. The van der Waals surface area contributed by atoms with Crippen LogP contribution in [0.25, 0.3) is 0 Å². The number of esters is 2. The van der Waals surface area contributed by atoms with Crippen LogP contribution in [-0.4, -0.2) is 68.9 Å². The second kappa shape index (κ2) is 22.8. The first kappa shape index (κ1) is 48.0. The first-order valence-corrected chi connectivity index (χ1v) is 21.4. The minimum Gasteiger partial charge on any atom is -0.492 e. The second-order valence-corrected chi connectivity index (χ2v) is 17.4. The molecule has 60 heavy (non-hydrogen) atoms. The molecule has 0 aromatic heterocycles. The molecule has 1 aliphatic carbocycles. The lowest BCUT2D eigenvalue weighted by atomic mass is 9.90. The highest BCUT2D eigenvalue weighted by atomic mass is 79.9. The van der Waals surface area contributed by atoms with Gasteiger partial charge in [0.2, 0.25) is 17.9 Å². The lowest BCUT2D eigenvalue weighted by Crippen LogP contribution is -2.48. The zero-order valence-corrected chi connectivity index (χ0v) is 38.1. The van der Waals surface area contributed by atoms with Crippen LogP contribution in [0.15, 0.2) is 63.5 Å². The Balaban J connectivity index is 1.57. The molecule has 3 amide bonds. The van der Waals surface area contributed by atoms with E-state index < -0.39 is 53.4 Å². The van der Waals surface area contributed by atoms with E-state index in [-0.39, 0.29) is 31.6 Å². The fourth-order valence-corrected chi connectivity index (χ4v) is 8.19. The Morgan fingerprint density at radius 2 is 1.60 bits per heavy atom. The number of nitrogens with two attached hydrogens (primary N) is 1. The summed E-state index contributed by atoms with van der Waals surface area (Å²) in [6.07, 6.45) is 4.51. The summed E-state index contributed by atoms with van der Waals surface area (Å²) in [5.74, 6) is -1.45. The van der Waals surface area contributed by atoms with Crippen molar-refractivity contribution in [3.8, 4) is 17.2 Å². The number of ether oxygens (including phenoxy) is 6. The molecule has 4 N–H and O–H groups in total. The summed E-state index contributed by atoms with van der Waals surface area (Å²) < 4.78 is 34.9. The molecule has 326 valence electrons. The molecule has 14 nitrogen and oxygen atoms in total. The summed E-state index contributed by atoms with van der Waals surface area (Å²) in [7, 11) is 2.72. The molecular weight excluding hydrogens is 906 g/mol. The molecule has 0 aliphatic heterocycles. The van der Waals surface area contributed by atoms with E-state index in [0.717, 1.165) is 25.7 Å². The Labute approximate surface area is 368 Å². The van der Waals surface area contributed by atoms with Crippen LogP contribution < -0.4 is 30.6 Å². The van der Waals surface area contributed by atoms with E-state index >= 15 is 0 Å². The highest BCUT2D eigenvalue weighted by molar-refractivity contribution is 9.11. The first-order chi connectivity index (χ1) is 28.5. The van der Waals surface area contributed by atoms with Gasteiger partial charge in [-0.05, 0) is 109 Å². The third kappa shape index (κ3) is 14.8. The Morgan fingerprint density at radius 3 is 2.22 bits per heavy atom. The monoisotopic (exact) mass is 959 g/mol. The van der Waals surface area contributed by atoms with E-state index in [1.807, 2.05) is 0 Å². The maximum Gasteiger partial charge on any atom is 0.351 e.